The summed E-state index contributed by atoms with van der Waals surface area (Å²) in [4.78, 5) is 16.2. The fraction of sp³-hybridized carbons (Fsp3) is 0.118. The van der Waals surface area contributed by atoms with Crippen molar-refractivity contribution in [3.05, 3.63) is 64.9 Å². The van der Waals surface area contributed by atoms with Gasteiger partial charge in [0.1, 0.15) is 0 Å². The number of aryl methyl sites for hydroxylation is 1. The van der Waals surface area contributed by atoms with Crippen LogP contribution in [0.25, 0.3) is 11.5 Å². The zero-order chi connectivity index (χ0) is 16.2. The van der Waals surface area contributed by atoms with E-state index in [-0.39, 0.29) is 5.91 Å². The van der Waals surface area contributed by atoms with Gasteiger partial charge in [0.2, 0.25) is 5.91 Å². The molecule has 0 bridgehead atoms. The third kappa shape index (κ3) is 3.96. The van der Waals surface area contributed by atoms with Gasteiger partial charge < -0.3 is 9.84 Å². The maximum atomic E-state index is 12.0. The topological polar surface area (TPSA) is 68.0 Å². The summed E-state index contributed by atoms with van der Waals surface area (Å²) in [7, 11) is 0. The van der Waals surface area contributed by atoms with Gasteiger partial charge in [-0.2, -0.15) is 4.98 Å². The normalized spacial score (nSPS) is 10.5. The number of benzene rings is 2. The lowest BCUT2D eigenvalue weighted by atomic mass is 10.1. The van der Waals surface area contributed by atoms with E-state index in [1.165, 1.54) is 0 Å². The molecule has 0 unspecified atom stereocenters. The minimum Gasteiger partial charge on any atom is -0.334 e. The second-order valence-electron chi connectivity index (χ2n) is 5.08. The highest BCUT2D eigenvalue weighted by Crippen LogP contribution is 2.20. The Morgan fingerprint density at radius 1 is 1.13 bits per heavy atom. The van der Waals surface area contributed by atoms with Crippen molar-refractivity contribution in [3.8, 4) is 11.5 Å². The number of hydrogen-bond acceptors (Lipinski definition) is 4. The first-order valence-corrected chi connectivity index (χ1v) is 7.43. The van der Waals surface area contributed by atoms with Crippen molar-refractivity contribution in [2.75, 3.05) is 5.32 Å². The Morgan fingerprint density at radius 2 is 1.83 bits per heavy atom. The molecule has 116 valence electrons. The highest BCUT2D eigenvalue weighted by Gasteiger charge is 2.07. The summed E-state index contributed by atoms with van der Waals surface area (Å²) < 4.78 is 5.10. The van der Waals surface area contributed by atoms with Crippen molar-refractivity contribution < 1.29 is 9.32 Å². The second kappa shape index (κ2) is 6.62. The molecule has 23 heavy (non-hydrogen) atoms. The SMILES string of the molecule is Cc1noc(-c2ccc(NC(=O)Cc3ccc(Cl)cc3)cc2)n1. The van der Waals surface area contributed by atoms with E-state index in [9.17, 15) is 4.79 Å². The smallest absolute Gasteiger partial charge is 0.257 e. The number of halogens is 1. The van der Waals surface area contributed by atoms with Gasteiger partial charge >= 0.3 is 0 Å². The van der Waals surface area contributed by atoms with Crippen LogP contribution in [0.3, 0.4) is 0 Å². The van der Waals surface area contributed by atoms with Crippen LogP contribution in [0.2, 0.25) is 5.02 Å². The Hall–Kier alpha value is -2.66. The summed E-state index contributed by atoms with van der Waals surface area (Å²) in [6.07, 6.45) is 0.293. The van der Waals surface area contributed by atoms with Crippen molar-refractivity contribution in [1.82, 2.24) is 10.1 Å². The fourth-order valence-corrected chi connectivity index (χ4v) is 2.23. The number of nitrogens with zero attached hydrogens (tertiary/aromatic N) is 2. The van der Waals surface area contributed by atoms with E-state index in [1.54, 1.807) is 31.2 Å². The summed E-state index contributed by atoms with van der Waals surface area (Å²) in [6, 6.07) is 14.5. The zero-order valence-electron chi connectivity index (χ0n) is 12.4. The van der Waals surface area contributed by atoms with Crippen LogP contribution in [-0.2, 0) is 11.2 Å². The number of nitrogens with one attached hydrogen (secondary N) is 1. The maximum Gasteiger partial charge on any atom is 0.257 e. The predicted molar refractivity (Wildman–Crippen MR) is 88.3 cm³/mol. The Labute approximate surface area is 138 Å². The van der Waals surface area contributed by atoms with E-state index in [4.69, 9.17) is 16.1 Å². The van der Waals surface area contributed by atoms with Gasteiger partial charge in [-0.1, -0.05) is 28.9 Å². The monoisotopic (exact) mass is 327 g/mol. The number of aromatic nitrogens is 2. The molecule has 0 spiro atoms. The average molecular weight is 328 g/mol. The first-order valence-electron chi connectivity index (χ1n) is 7.05. The largest absolute Gasteiger partial charge is 0.334 e. The third-order valence-electron chi connectivity index (χ3n) is 3.22. The molecule has 1 aromatic heterocycles. The first kappa shape index (κ1) is 15.2. The average Bonchev–Trinajstić information content (AvgIpc) is 2.97. The van der Waals surface area contributed by atoms with Crippen molar-refractivity contribution in [3.63, 3.8) is 0 Å². The lowest BCUT2D eigenvalue weighted by Gasteiger charge is -2.06. The number of carbonyl (C=O) groups is 1. The van der Waals surface area contributed by atoms with Gasteiger partial charge in [0, 0.05) is 16.3 Å². The van der Waals surface area contributed by atoms with E-state index < -0.39 is 0 Å². The summed E-state index contributed by atoms with van der Waals surface area (Å²) in [5, 5.41) is 7.26. The standard InChI is InChI=1S/C17H14ClN3O2/c1-11-19-17(23-21-11)13-4-8-15(9-5-13)20-16(22)10-12-2-6-14(18)7-3-12/h2-9H,10H2,1H3,(H,20,22). The second-order valence-corrected chi connectivity index (χ2v) is 5.51. The Bertz CT molecular complexity index is 811. The van der Waals surface area contributed by atoms with Crippen LogP contribution in [0.15, 0.2) is 53.1 Å². The van der Waals surface area contributed by atoms with E-state index in [0.29, 0.717) is 28.8 Å². The molecule has 0 radical (unpaired) electrons. The molecule has 1 heterocycles. The van der Waals surface area contributed by atoms with Gasteiger partial charge in [-0.3, -0.25) is 4.79 Å². The van der Waals surface area contributed by atoms with Gasteiger partial charge in [-0.05, 0) is 48.9 Å². The van der Waals surface area contributed by atoms with Gasteiger partial charge in [-0.15, -0.1) is 0 Å². The van der Waals surface area contributed by atoms with E-state index >= 15 is 0 Å². The van der Waals surface area contributed by atoms with Crippen LogP contribution in [0, 0.1) is 6.92 Å². The van der Waals surface area contributed by atoms with Gasteiger partial charge in [0.05, 0.1) is 6.42 Å². The lowest BCUT2D eigenvalue weighted by molar-refractivity contribution is -0.115. The van der Waals surface area contributed by atoms with E-state index in [0.717, 1.165) is 11.1 Å². The molecule has 0 aliphatic heterocycles. The minimum absolute atomic E-state index is 0.0892. The molecule has 2 aromatic carbocycles. The Morgan fingerprint density at radius 3 is 2.43 bits per heavy atom. The highest BCUT2D eigenvalue weighted by molar-refractivity contribution is 6.30. The lowest BCUT2D eigenvalue weighted by Crippen LogP contribution is -2.14. The Balaban J connectivity index is 1.63. The molecule has 0 aliphatic rings. The van der Waals surface area contributed by atoms with Crippen LogP contribution in [0.4, 0.5) is 5.69 Å². The Kier molecular flexibility index (Phi) is 4.39. The molecular weight excluding hydrogens is 314 g/mol. The molecule has 0 aliphatic carbocycles. The predicted octanol–water partition coefficient (Wildman–Crippen LogP) is 3.88. The van der Waals surface area contributed by atoms with E-state index in [1.807, 2.05) is 24.3 Å². The van der Waals surface area contributed by atoms with Gasteiger partial charge in [0.15, 0.2) is 5.82 Å². The van der Waals surface area contributed by atoms with E-state index in [2.05, 4.69) is 15.5 Å². The molecule has 3 aromatic rings. The molecule has 0 saturated carbocycles. The summed E-state index contributed by atoms with van der Waals surface area (Å²) in [6.45, 7) is 1.76. The quantitative estimate of drug-likeness (QED) is 0.789. The highest BCUT2D eigenvalue weighted by atomic mass is 35.5. The zero-order valence-corrected chi connectivity index (χ0v) is 13.2. The fourth-order valence-electron chi connectivity index (χ4n) is 2.10. The molecular formula is C17H14ClN3O2. The molecule has 3 rings (SSSR count). The van der Waals surface area contributed by atoms with Gasteiger partial charge in [0.25, 0.3) is 5.89 Å². The summed E-state index contributed by atoms with van der Waals surface area (Å²) >= 11 is 5.83. The molecule has 6 heteroatoms. The number of amides is 1. The first-order chi connectivity index (χ1) is 11.1. The molecule has 0 fully saturated rings. The van der Waals surface area contributed by atoms with Crippen LogP contribution in [0.5, 0.6) is 0 Å². The third-order valence-corrected chi connectivity index (χ3v) is 3.47. The van der Waals surface area contributed by atoms with Crippen molar-refractivity contribution in [2.24, 2.45) is 0 Å². The van der Waals surface area contributed by atoms with Crippen molar-refractivity contribution >= 4 is 23.2 Å². The number of anilines is 1. The van der Waals surface area contributed by atoms with Crippen molar-refractivity contribution in [2.45, 2.75) is 13.3 Å². The number of carbonyl (C=O) groups excluding carboxylic acids is 1. The van der Waals surface area contributed by atoms with Crippen LogP contribution < -0.4 is 5.32 Å². The maximum absolute atomic E-state index is 12.0. The molecule has 5 nitrogen and oxygen atoms in total. The molecule has 0 atom stereocenters. The molecule has 1 amide bonds. The summed E-state index contributed by atoms with van der Waals surface area (Å²) in [5.41, 5.74) is 2.43. The molecule has 1 N–H and O–H groups in total. The van der Waals surface area contributed by atoms with Crippen LogP contribution >= 0.6 is 11.6 Å². The number of rotatable bonds is 4. The van der Waals surface area contributed by atoms with Crippen LogP contribution in [0.1, 0.15) is 11.4 Å². The minimum atomic E-state index is -0.0892. The van der Waals surface area contributed by atoms with Crippen molar-refractivity contribution in [1.29, 1.82) is 0 Å². The summed E-state index contributed by atoms with van der Waals surface area (Å²) in [5.74, 6) is 0.954. The van der Waals surface area contributed by atoms with Crippen LogP contribution in [-0.4, -0.2) is 16.0 Å². The number of hydrogen-bond donors (Lipinski definition) is 1. The van der Waals surface area contributed by atoms with Gasteiger partial charge in [-0.25, -0.2) is 0 Å². The molecule has 0 saturated heterocycles.